The van der Waals surface area contributed by atoms with E-state index in [2.05, 4.69) is 25.2 Å². The molecule has 3 rings (SSSR count). The Hall–Kier alpha value is -2.70. The normalized spacial score (nSPS) is 14.6. The first-order chi connectivity index (χ1) is 11.7. The zero-order valence-corrected chi connectivity index (χ0v) is 14.1. The quantitative estimate of drug-likeness (QED) is 0.926. The van der Waals surface area contributed by atoms with Crippen LogP contribution in [-0.4, -0.2) is 51.9 Å². The monoisotopic (exact) mass is 326 g/mol. The number of hydrogen-bond acceptors (Lipinski definition) is 6. The lowest BCUT2D eigenvalue weighted by Crippen LogP contribution is -2.48. The summed E-state index contributed by atoms with van der Waals surface area (Å²) < 4.78 is 0. The van der Waals surface area contributed by atoms with Gasteiger partial charge in [-0.15, -0.1) is 0 Å². The van der Waals surface area contributed by atoms with E-state index in [-0.39, 0.29) is 5.91 Å². The molecule has 1 aliphatic heterocycles. The second-order valence-electron chi connectivity index (χ2n) is 5.72. The molecule has 0 spiro atoms. The van der Waals surface area contributed by atoms with Crippen molar-refractivity contribution in [2.45, 2.75) is 20.3 Å². The average molecular weight is 326 g/mol. The van der Waals surface area contributed by atoms with Gasteiger partial charge in [0.05, 0.1) is 0 Å². The van der Waals surface area contributed by atoms with Crippen molar-refractivity contribution in [1.82, 2.24) is 19.9 Å². The molecule has 1 fully saturated rings. The van der Waals surface area contributed by atoms with Crippen LogP contribution < -0.4 is 10.2 Å². The van der Waals surface area contributed by atoms with Crippen molar-refractivity contribution < 1.29 is 4.79 Å². The molecule has 1 N–H and O–H groups in total. The maximum absolute atomic E-state index is 11.8. The van der Waals surface area contributed by atoms with Crippen LogP contribution >= 0.6 is 0 Å². The van der Waals surface area contributed by atoms with Gasteiger partial charge in [0.1, 0.15) is 23.3 Å². The van der Waals surface area contributed by atoms with Crippen LogP contribution in [0.2, 0.25) is 0 Å². The highest BCUT2D eigenvalue weighted by molar-refractivity contribution is 5.76. The van der Waals surface area contributed by atoms with E-state index in [0.717, 1.165) is 43.6 Å². The fourth-order valence-electron chi connectivity index (χ4n) is 2.75. The molecule has 0 bridgehead atoms. The van der Waals surface area contributed by atoms with Crippen LogP contribution in [0.15, 0.2) is 30.5 Å². The predicted octanol–water partition coefficient (Wildman–Crippen LogP) is 1.98. The minimum absolute atomic E-state index is 0.214. The summed E-state index contributed by atoms with van der Waals surface area (Å²) in [5, 5.41) is 3.21. The van der Waals surface area contributed by atoms with Crippen LogP contribution in [0.25, 0.3) is 0 Å². The number of pyridine rings is 1. The SMILES string of the molecule is CCC(=O)N1CCN(c2cc(Nc3ccccn3)nc(C)n2)CC1. The van der Waals surface area contributed by atoms with Crippen molar-refractivity contribution in [1.29, 1.82) is 0 Å². The number of carbonyl (C=O) groups is 1. The summed E-state index contributed by atoms with van der Waals surface area (Å²) >= 11 is 0. The Balaban J connectivity index is 1.71. The van der Waals surface area contributed by atoms with Gasteiger partial charge in [-0.1, -0.05) is 13.0 Å². The van der Waals surface area contributed by atoms with Gasteiger partial charge in [-0.05, 0) is 19.1 Å². The number of aromatic nitrogens is 3. The molecule has 2 aromatic heterocycles. The molecule has 1 aliphatic rings. The second kappa shape index (κ2) is 7.25. The van der Waals surface area contributed by atoms with Crippen LogP contribution in [0.1, 0.15) is 19.2 Å². The molecule has 1 saturated heterocycles. The lowest BCUT2D eigenvalue weighted by Gasteiger charge is -2.35. The minimum Gasteiger partial charge on any atom is -0.353 e. The Morgan fingerprint density at radius 2 is 1.96 bits per heavy atom. The number of carbonyl (C=O) groups excluding carboxylic acids is 1. The molecule has 7 heteroatoms. The number of piperazine rings is 1. The smallest absolute Gasteiger partial charge is 0.222 e. The fourth-order valence-corrected chi connectivity index (χ4v) is 2.75. The Labute approximate surface area is 141 Å². The molecule has 2 aromatic rings. The third-order valence-electron chi connectivity index (χ3n) is 4.00. The van der Waals surface area contributed by atoms with Crippen molar-refractivity contribution in [3.63, 3.8) is 0 Å². The molecule has 0 aliphatic carbocycles. The average Bonchev–Trinajstić information content (AvgIpc) is 2.61. The largest absolute Gasteiger partial charge is 0.353 e. The van der Waals surface area contributed by atoms with Crippen molar-refractivity contribution in [3.05, 3.63) is 36.3 Å². The first-order valence-electron chi connectivity index (χ1n) is 8.22. The first kappa shape index (κ1) is 16.2. The maximum atomic E-state index is 11.8. The van der Waals surface area contributed by atoms with Crippen molar-refractivity contribution in [2.24, 2.45) is 0 Å². The Morgan fingerprint density at radius 3 is 2.62 bits per heavy atom. The van der Waals surface area contributed by atoms with E-state index in [4.69, 9.17) is 0 Å². The summed E-state index contributed by atoms with van der Waals surface area (Å²) in [7, 11) is 0. The van der Waals surface area contributed by atoms with E-state index in [1.54, 1.807) is 6.20 Å². The van der Waals surface area contributed by atoms with Gasteiger partial charge in [-0.25, -0.2) is 15.0 Å². The van der Waals surface area contributed by atoms with Gasteiger partial charge in [0.25, 0.3) is 0 Å². The summed E-state index contributed by atoms with van der Waals surface area (Å²) in [6.07, 6.45) is 2.30. The van der Waals surface area contributed by atoms with Gasteiger partial charge in [0.2, 0.25) is 5.91 Å². The van der Waals surface area contributed by atoms with Crippen molar-refractivity contribution in [3.8, 4) is 0 Å². The van der Waals surface area contributed by atoms with E-state index in [0.29, 0.717) is 12.2 Å². The highest BCUT2D eigenvalue weighted by atomic mass is 16.2. The molecule has 0 saturated carbocycles. The summed E-state index contributed by atoms with van der Waals surface area (Å²) in [5.74, 6) is 3.27. The van der Waals surface area contributed by atoms with Crippen LogP contribution in [-0.2, 0) is 4.79 Å². The van der Waals surface area contributed by atoms with E-state index < -0.39 is 0 Å². The molecule has 3 heterocycles. The first-order valence-corrected chi connectivity index (χ1v) is 8.22. The van der Waals surface area contributed by atoms with E-state index in [9.17, 15) is 4.79 Å². The number of nitrogens with one attached hydrogen (secondary N) is 1. The van der Waals surface area contributed by atoms with E-state index in [1.807, 2.05) is 43.0 Å². The zero-order valence-electron chi connectivity index (χ0n) is 14.1. The van der Waals surface area contributed by atoms with Gasteiger partial charge in [-0.2, -0.15) is 0 Å². The fraction of sp³-hybridized carbons (Fsp3) is 0.412. The highest BCUT2D eigenvalue weighted by Crippen LogP contribution is 2.20. The number of amides is 1. The van der Waals surface area contributed by atoms with Crippen molar-refractivity contribution >= 4 is 23.4 Å². The van der Waals surface area contributed by atoms with Crippen molar-refractivity contribution in [2.75, 3.05) is 36.4 Å². The van der Waals surface area contributed by atoms with Gasteiger partial charge < -0.3 is 15.1 Å². The van der Waals surface area contributed by atoms with Gasteiger partial charge in [-0.3, -0.25) is 4.79 Å². The van der Waals surface area contributed by atoms with Gasteiger partial charge in [0.15, 0.2) is 0 Å². The number of anilines is 3. The third kappa shape index (κ3) is 3.79. The summed E-state index contributed by atoms with van der Waals surface area (Å²) in [5.41, 5.74) is 0. The number of nitrogens with zero attached hydrogens (tertiary/aromatic N) is 5. The van der Waals surface area contributed by atoms with Crippen LogP contribution in [0, 0.1) is 6.92 Å². The van der Waals surface area contributed by atoms with E-state index >= 15 is 0 Å². The lowest BCUT2D eigenvalue weighted by atomic mass is 10.3. The van der Waals surface area contributed by atoms with E-state index in [1.165, 1.54) is 0 Å². The zero-order chi connectivity index (χ0) is 16.9. The highest BCUT2D eigenvalue weighted by Gasteiger charge is 2.21. The molecule has 0 unspecified atom stereocenters. The lowest BCUT2D eigenvalue weighted by molar-refractivity contribution is -0.131. The van der Waals surface area contributed by atoms with Gasteiger partial charge in [0, 0.05) is 44.9 Å². The third-order valence-corrected chi connectivity index (χ3v) is 4.00. The molecule has 126 valence electrons. The molecular weight excluding hydrogens is 304 g/mol. The topological polar surface area (TPSA) is 74.2 Å². The number of hydrogen-bond donors (Lipinski definition) is 1. The number of rotatable bonds is 4. The molecule has 0 atom stereocenters. The maximum Gasteiger partial charge on any atom is 0.222 e. The standard InChI is InChI=1S/C17H22N6O/c1-3-17(24)23-10-8-22(9-11-23)16-12-15(19-13(2)20-16)21-14-6-4-5-7-18-14/h4-7,12H,3,8-11H2,1-2H3,(H,18,19,20,21). The summed E-state index contributed by atoms with van der Waals surface area (Å²) in [6, 6.07) is 7.62. The summed E-state index contributed by atoms with van der Waals surface area (Å²) in [6.45, 7) is 6.82. The Morgan fingerprint density at radius 1 is 1.17 bits per heavy atom. The minimum atomic E-state index is 0.214. The molecule has 24 heavy (non-hydrogen) atoms. The van der Waals surface area contributed by atoms with Crippen LogP contribution in [0.5, 0.6) is 0 Å². The molecule has 1 amide bonds. The Bertz CT molecular complexity index is 697. The molecule has 0 radical (unpaired) electrons. The summed E-state index contributed by atoms with van der Waals surface area (Å²) in [4.78, 5) is 29.1. The number of aryl methyl sites for hydroxylation is 1. The van der Waals surface area contributed by atoms with Crippen LogP contribution in [0.4, 0.5) is 17.5 Å². The molecule has 0 aromatic carbocycles. The van der Waals surface area contributed by atoms with Gasteiger partial charge >= 0.3 is 0 Å². The van der Waals surface area contributed by atoms with Crippen LogP contribution in [0.3, 0.4) is 0 Å². The Kier molecular flexibility index (Phi) is 4.88. The second-order valence-corrected chi connectivity index (χ2v) is 5.72. The molecular formula is C17H22N6O. The predicted molar refractivity (Wildman–Crippen MR) is 93.4 cm³/mol. The molecule has 7 nitrogen and oxygen atoms in total.